The second-order valence-corrected chi connectivity index (χ2v) is 7.36. The van der Waals surface area contributed by atoms with Crippen molar-refractivity contribution < 1.29 is 39.3 Å². The zero-order valence-corrected chi connectivity index (χ0v) is 17.6. The predicted molar refractivity (Wildman–Crippen MR) is 108 cm³/mol. The van der Waals surface area contributed by atoms with Crippen LogP contribution in [0.1, 0.15) is 26.0 Å². The van der Waals surface area contributed by atoms with Gasteiger partial charge < -0.3 is 42.0 Å². The van der Waals surface area contributed by atoms with Crippen LogP contribution in [0.4, 0.5) is 0 Å². The fraction of sp³-hybridized carbons (Fsp3) is 0.556. The molecule has 9 N–H and O–H groups in total. The molecule has 0 bridgehead atoms. The maximum Gasteiger partial charge on any atom is 0.326 e. The number of carbonyl (C=O) groups is 5. The summed E-state index contributed by atoms with van der Waals surface area (Å²) in [5.74, 6) is -6.15. The van der Waals surface area contributed by atoms with E-state index in [0.29, 0.717) is 5.69 Å². The summed E-state index contributed by atoms with van der Waals surface area (Å²) in [7, 11) is 0. The number of H-pyrrole nitrogens is 1. The Morgan fingerprint density at radius 2 is 1.62 bits per heavy atom. The van der Waals surface area contributed by atoms with Crippen LogP contribution in [0.3, 0.4) is 0 Å². The number of aliphatic hydroxyl groups is 1. The van der Waals surface area contributed by atoms with Gasteiger partial charge in [-0.05, 0) is 5.92 Å². The lowest BCUT2D eigenvalue weighted by molar-refractivity contribution is -0.144. The van der Waals surface area contributed by atoms with E-state index in [0.717, 1.165) is 0 Å². The van der Waals surface area contributed by atoms with Crippen LogP contribution >= 0.6 is 0 Å². The third kappa shape index (κ3) is 8.31. The normalized spacial score (nSPS) is 14.7. The van der Waals surface area contributed by atoms with E-state index in [-0.39, 0.29) is 6.42 Å². The number of nitrogens with one attached hydrogen (secondary N) is 4. The molecule has 4 unspecified atom stereocenters. The summed E-state index contributed by atoms with van der Waals surface area (Å²) < 4.78 is 0. The van der Waals surface area contributed by atoms with E-state index < -0.39 is 72.8 Å². The third-order valence-electron chi connectivity index (χ3n) is 4.39. The maximum atomic E-state index is 12.5. The van der Waals surface area contributed by atoms with Crippen LogP contribution in [-0.2, 0) is 30.4 Å². The van der Waals surface area contributed by atoms with Gasteiger partial charge in [-0.3, -0.25) is 19.2 Å². The van der Waals surface area contributed by atoms with E-state index in [4.69, 9.17) is 10.8 Å². The van der Waals surface area contributed by atoms with Gasteiger partial charge in [-0.15, -0.1) is 0 Å². The van der Waals surface area contributed by atoms with Gasteiger partial charge in [0.15, 0.2) is 0 Å². The molecule has 0 aromatic carbocycles. The third-order valence-corrected chi connectivity index (χ3v) is 4.39. The van der Waals surface area contributed by atoms with Crippen LogP contribution in [0.5, 0.6) is 0 Å². The highest BCUT2D eigenvalue weighted by atomic mass is 16.4. The Morgan fingerprint density at radius 3 is 2.09 bits per heavy atom. The number of aliphatic hydroxyl groups excluding tert-OH is 1. The highest BCUT2D eigenvalue weighted by Gasteiger charge is 2.32. The monoisotopic (exact) mass is 456 g/mol. The molecule has 32 heavy (non-hydrogen) atoms. The summed E-state index contributed by atoms with van der Waals surface area (Å²) in [6.07, 6.45) is 2.07. The van der Waals surface area contributed by atoms with Crippen molar-refractivity contribution in [1.29, 1.82) is 0 Å². The van der Waals surface area contributed by atoms with E-state index in [1.165, 1.54) is 26.4 Å². The zero-order chi connectivity index (χ0) is 24.4. The Hall–Kier alpha value is -3.52. The fourth-order valence-electron chi connectivity index (χ4n) is 2.62. The highest BCUT2D eigenvalue weighted by molar-refractivity contribution is 5.95. The summed E-state index contributed by atoms with van der Waals surface area (Å²) in [4.78, 5) is 66.1. The first kappa shape index (κ1) is 26.5. The van der Waals surface area contributed by atoms with Crippen molar-refractivity contribution in [3.8, 4) is 0 Å². The molecular weight excluding hydrogens is 428 g/mol. The molecule has 0 fully saturated rings. The van der Waals surface area contributed by atoms with Crippen molar-refractivity contribution in [2.24, 2.45) is 11.7 Å². The Bertz CT molecular complexity index is 812. The molecule has 0 saturated carbocycles. The van der Waals surface area contributed by atoms with Crippen LogP contribution in [0.25, 0.3) is 0 Å². The molecule has 4 atom stereocenters. The molecule has 178 valence electrons. The number of nitrogens with two attached hydrogens (primary N) is 1. The summed E-state index contributed by atoms with van der Waals surface area (Å²) in [5.41, 5.74) is 6.33. The molecule has 1 heterocycles. The second-order valence-electron chi connectivity index (χ2n) is 7.36. The van der Waals surface area contributed by atoms with Crippen LogP contribution in [-0.4, -0.2) is 85.7 Å². The lowest BCUT2D eigenvalue weighted by Crippen LogP contribution is -2.59. The predicted octanol–water partition coefficient (Wildman–Crippen LogP) is -3.06. The number of aromatic amines is 1. The van der Waals surface area contributed by atoms with E-state index in [9.17, 15) is 34.2 Å². The van der Waals surface area contributed by atoms with Gasteiger partial charge in [0, 0.05) is 18.3 Å². The quantitative estimate of drug-likeness (QED) is 0.149. The first-order valence-corrected chi connectivity index (χ1v) is 9.65. The number of hydrogen-bond donors (Lipinski definition) is 8. The number of carboxylic acid groups (broad SMARTS) is 2. The van der Waals surface area contributed by atoms with Crippen LogP contribution in [0.15, 0.2) is 12.5 Å². The van der Waals surface area contributed by atoms with Gasteiger partial charge in [-0.25, -0.2) is 9.78 Å². The molecule has 1 aromatic heterocycles. The summed E-state index contributed by atoms with van der Waals surface area (Å²) >= 11 is 0. The number of amides is 3. The number of nitrogens with zero attached hydrogens (tertiary/aromatic N) is 1. The molecule has 1 aromatic rings. The number of aliphatic carboxylic acids is 2. The fourth-order valence-corrected chi connectivity index (χ4v) is 2.62. The highest BCUT2D eigenvalue weighted by Crippen LogP contribution is 2.04. The van der Waals surface area contributed by atoms with Gasteiger partial charge in [-0.1, -0.05) is 13.8 Å². The molecule has 1 rings (SSSR count). The Labute approximate surface area is 183 Å². The Balaban J connectivity index is 2.82. The largest absolute Gasteiger partial charge is 0.481 e. The van der Waals surface area contributed by atoms with Crippen molar-refractivity contribution in [1.82, 2.24) is 25.9 Å². The molecule has 0 radical (unpaired) electrons. The van der Waals surface area contributed by atoms with Gasteiger partial charge in [-0.2, -0.15) is 0 Å². The summed E-state index contributed by atoms with van der Waals surface area (Å²) in [6, 6.07) is -5.58. The van der Waals surface area contributed by atoms with Crippen LogP contribution < -0.4 is 21.7 Å². The first-order chi connectivity index (χ1) is 15.0. The molecule has 0 saturated heterocycles. The minimum absolute atomic E-state index is 0.0709. The molecule has 0 spiro atoms. The molecule has 0 aliphatic heterocycles. The topological polar surface area (TPSA) is 237 Å². The number of carboxylic acids is 2. The van der Waals surface area contributed by atoms with E-state index >= 15 is 0 Å². The smallest absolute Gasteiger partial charge is 0.326 e. The number of carbonyl (C=O) groups excluding carboxylic acids is 3. The lowest BCUT2D eigenvalue weighted by Gasteiger charge is -2.24. The lowest BCUT2D eigenvalue weighted by atomic mass is 10.0. The minimum atomic E-state index is -1.65. The molecule has 14 heteroatoms. The Morgan fingerprint density at radius 1 is 1.03 bits per heavy atom. The summed E-state index contributed by atoms with van der Waals surface area (Å²) in [6.45, 7) is 2.21. The van der Waals surface area contributed by atoms with E-state index in [2.05, 4.69) is 25.9 Å². The molecule has 0 aliphatic rings. The van der Waals surface area contributed by atoms with E-state index in [1.54, 1.807) is 0 Å². The van der Waals surface area contributed by atoms with Crippen molar-refractivity contribution >= 4 is 29.7 Å². The standard InChI is InChI=1S/C18H28N6O8/c1-8(2)14(18(31)32)24-16(29)11(4-13(26)27)22-17(30)12(6-25)23-15(28)10(19)3-9-5-20-7-21-9/h5,7-8,10-12,14,25H,3-4,6,19H2,1-2H3,(H,20,21)(H,22,30)(H,23,28)(H,24,29)(H,26,27)(H,31,32). The average molecular weight is 456 g/mol. The van der Waals surface area contributed by atoms with Crippen molar-refractivity contribution in [2.45, 2.75) is 50.9 Å². The molecule has 3 amide bonds. The molecular formula is C18H28N6O8. The van der Waals surface area contributed by atoms with Crippen LogP contribution in [0.2, 0.25) is 0 Å². The summed E-state index contributed by atoms with van der Waals surface area (Å²) in [5, 5.41) is 34.2. The number of aromatic nitrogens is 2. The second kappa shape index (κ2) is 12.4. The molecule has 0 aliphatic carbocycles. The number of hydrogen-bond acceptors (Lipinski definition) is 8. The van der Waals surface area contributed by atoms with E-state index in [1.807, 2.05) is 0 Å². The van der Waals surface area contributed by atoms with Gasteiger partial charge in [0.1, 0.15) is 18.1 Å². The van der Waals surface area contributed by atoms with Crippen LogP contribution in [0, 0.1) is 5.92 Å². The number of rotatable bonds is 13. The zero-order valence-electron chi connectivity index (χ0n) is 17.6. The Kier molecular flexibility index (Phi) is 10.2. The first-order valence-electron chi connectivity index (χ1n) is 9.65. The van der Waals surface area contributed by atoms with Gasteiger partial charge >= 0.3 is 11.9 Å². The maximum absolute atomic E-state index is 12.5. The minimum Gasteiger partial charge on any atom is -0.481 e. The van der Waals surface area contributed by atoms with Crippen molar-refractivity contribution in [2.75, 3.05) is 6.61 Å². The molecule has 14 nitrogen and oxygen atoms in total. The SMILES string of the molecule is CC(C)C(NC(=O)C(CC(=O)O)NC(=O)C(CO)NC(=O)C(N)Cc1cnc[nH]1)C(=O)O. The van der Waals surface area contributed by atoms with Crippen molar-refractivity contribution in [3.05, 3.63) is 18.2 Å². The van der Waals surface area contributed by atoms with Crippen molar-refractivity contribution in [3.63, 3.8) is 0 Å². The number of imidazole rings is 1. The average Bonchev–Trinajstić information content (AvgIpc) is 3.21. The van der Waals surface area contributed by atoms with Gasteiger partial charge in [0.25, 0.3) is 0 Å². The van der Waals surface area contributed by atoms with Gasteiger partial charge in [0.05, 0.1) is 25.4 Å². The van der Waals surface area contributed by atoms with Gasteiger partial charge in [0.2, 0.25) is 17.7 Å².